The fourth-order valence-electron chi connectivity index (χ4n) is 2.95. The maximum atomic E-state index is 13.1. The quantitative estimate of drug-likeness (QED) is 0.616. The van der Waals surface area contributed by atoms with Crippen molar-refractivity contribution in [3.8, 4) is 5.75 Å². The smallest absolute Gasteiger partial charge is 0.338 e. The second-order valence-corrected chi connectivity index (χ2v) is 6.76. The lowest BCUT2D eigenvalue weighted by atomic mass is 10.1. The fourth-order valence-corrected chi connectivity index (χ4v) is 2.95. The number of amides is 1. The summed E-state index contributed by atoms with van der Waals surface area (Å²) in [6, 6.07) is 25.1. The van der Waals surface area contributed by atoms with Gasteiger partial charge in [-0.2, -0.15) is 0 Å². The van der Waals surface area contributed by atoms with Crippen LogP contribution in [-0.4, -0.2) is 28.0 Å². The number of hydrogen-bond acceptors (Lipinski definition) is 4. The van der Waals surface area contributed by atoms with Crippen LogP contribution in [-0.2, 0) is 22.6 Å². The zero-order valence-electron chi connectivity index (χ0n) is 16.2. The van der Waals surface area contributed by atoms with E-state index in [9.17, 15) is 14.7 Å². The Morgan fingerprint density at radius 2 is 1.31 bits per heavy atom. The molecule has 0 saturated heterocycles. The van der Waals surface area contributed by atoms with Gasteiger partial charge in [0.1, 0.15) is 5.75 Å². The maximum absolute atomic E-state index is 13.1. The summed E-state index contributed by atoms with van der Waals surface area (Å²) in [5.74, 6) is -0.822. The van der Waals surface area contributed by atoms with Gasteiger partial charge in [0.25, 0.3) is 5.91 Å². The first-order valence-electron chi connectivity index (χ1n) is 9.39. The topological polar surface area (TPSA) is 66.8 Å². The van der Waals surface area contributed by atoms with Gasteiger partial charge < -0.3 is 14.7 Å². The van der Waals surface area contributed by atoms with Crippen LogP contribution in [0.25, 0.3) is 0 Å². The Morgan fingerprint density at radius 1 is 0.828 bits per heavy atom. The van der Waals surface area contributed by atoms with E-state index in [0.717, 1.165) is 11.1 Å². The molecule has 1 amide bonds. The Labute approximate surface area is 170 Å². The summed E-state index contributed by atoms with van der Waals surface area (Å²) in [4.78, 5) is 27.1. The van der Waals surface area contributed by atoms with Crippen LogP contribution >= 0.6 is 0 Å². The second-order valence-electron chi connectivity index (χ2n) is 6.76. The van der Waals surface area contributed by atoms with Crippen molar-refractivity contribution < 1.29 is 19.4 Å². The van der Waals surface area contributed by atoms with Crippen LogP contribution in [0.15, 0.2) is 84.9 Å². The lowest BCUT2D eigenvalue weighted by Crippen LogP contribution is -2.39. The van der Waals surface area contributed by atoms with Gasteiger partial charge in [0.2, 0.25) is 0 Å². The average molecular weight is 389 g/mol. The van der Waals surface area contributed by atoms with Crippen molar-refractivity contribution in [2.75, 3.05) is 0 Å². The maximum Gasteiger partial charge on any atom is 0.338 e. The van der Waals surface area contributed by atoms with Crippen LogP contribution in [0.4, 0.5) is 0 Å². The van der Waals surface area contributed by atoms with Gasteiger partial charge in [0, 0.05) is 13.1 Å². The van der Waals surface area contributed by atoms with E-state index < -0.39 is 12.1 Å². The molecule has 0 fully saturated rings. The summed E-state index contributed by atoms with van der Waals surface area (Å²) in [6.07, 6.45) is -0.941. The van der Waals surface area contributed by atoms with E-state index >= 15 is 0 Å². The fraction of sp³-hybridized carbons (Fsp3) is 0.167. The van der Waals surface area contributed by atoms with Gasteiger partial charge in [-0.1, -0.05) is 60.7 Å². The molecule has 0 aromatic heterocycles. The monoisotopic (exact) mass is 389 g/mol. The molecule has 3 aromatic carbocycles. The highest BCUT2D eigenvalue weighted by Gasteiger charge is 2.25. The van der Waals surface area contributed by atoms with E-state index in [4.69, 9.17) is 4.74 Å². The van der Waals surface area contributed by atoms with E-state index in [-0.39, 0.29) is 17.2 Å². The van der Waals surface area contributed by atoms with Crippen LogP contribution in [0.5, 0.6) is 5.75 Å². The molecule has 3 aromatic rings. The van der Waals surface area contributed by atoms with Gasteiger partial charge in [-0.3, -0.25) is 4.79 Å². The third-order valence-electron chi connectivity index (χ3n) is 4.48. The molecular weight excluding hydrogens is 366 g/mol. The molecule has 0 heterocycles. The molecule has 0 unspecified atom stereocenters. The summed E-state index contributed by atoms with van der Waals surface area (Å²) in [5.41, 5.74) is 2.27. The highest BCUT2D eigenvalue weighted by atomic mass is 16.5. The van der Waals surface area contributed by atoms with Crippen LogP contribution < -0.4 is 0 Å². The molecular formula is C24H23NO4. The third kappa shape index (κ3) is 5.69. The molecule has 148 valence electrons. The number of benzene rings is 3. The second kappa shape index (κ2) is 9.55. The molecule has 0 aliphatic rings. The largest absolute Gasteiger partial charge is 0.508 e. The van der Waals surface area contributed by atoms with Gasteiger partial charge in [-0.15, -0.1) is 0 Å². The molecule has 0 saturated carbocycles. The Hall–Kier alpha value is -3.60. The predicted molar refractivity (Wildman–Crippen MR) is 110 cm³/mol. The standard InChI is InChI=1S/C24H23NO4/c1-18(29-24(28)21-12-14-22(26)15-13-21)23(27)25(16-19-8-4-2-5-9-19)17-20-10-6-3-7-11-20/h2-15,18,26H,16-17H2,1H3/t18-/m1/s1. The first-order valence-corrected chi connectivity index (χ1v) is 9.39. The Bertz CT molecular complexity index is 898. The molecule has 0 spiro atoms. The number of hydrogen-bond donors (Lipinski definition) is 1. The zero-order chi connectivity index (χ0) is 20.6. The number of ether oxygens (including phenoxy) is 1. The van der Waals surface area contributed by atoms with Crippen molar-refractivity contribution in [1.82, 2.24) is 4.90 Å². The molecule has 0 aliphatic heterocycles. The Kier molecular flexibility index (Phi) is 6.63. The number of nitrogens with zero attached hydrogens (tertiary/aromatic N) is 1. The van der Waals surface area contributed by atoms with Crippen molar-refractivity contribution in [3.63, 3.8) is 0 Å². The summed E-state index contributed by atoms with van der Waals surface area (Å²) in [7, 11) is 0. The number of carbonyl (C=O) groups excluding carboxylic acids is 2. The molecule has 5 heteroatoms. The van der Waals surface area contributed by atoms with Crippen molar-refractivity contribution in [2.45, 2.75) is 26.1 Å². The molecule has 0 bridgehead atoms. The highest BCUT2D eigenvalue weighted by Crippen LogP contribution is 2.15. The van der Waals surface area contributed by atoms with Gasteiger partial charge in [-0.05, 0) is 42.3 Å². The summed E-state index contributed by atoms with van der Waals surface area (Å²) >= 11 is 0. The minimum atomic E-state index is -0.941. The molecule has 1 atom stereocenters. The normalized spacial score (nSPS) is 11.5. The Morgan fingerprint density at radius 3 is 1.79 bits per heavy atom. The highest BCUT2D eigenvalue weighted by molar-refractivity contribution is 5.92. The number of phenolic OH excluding ortho intramolecular Hbond substituents is 1. The van der Waals surface area contributed by atoms with Gasteiger partial charge in [-0.25, -0.2) is 4.79 Å². The molecule has 3 rings (SSSR count). The van der Waals surface area contributed by atoms with Crippen molar-refractivity contribution in [3.05, 3.63) is 102 Å². The van der Waals surface area contributed by atoms with Crippen LogP contribution in [0.1, 0.15) is 28.4 Å². The average Bonchev–Trinajstić information content (AvgIpc) is 2.74. The summed E-state index contributed by atoms with van der Waals surface area (Å²) in [5, 5.41) is 9.35. The number of rotatable bonds is 7. The van der Waals surface area contributed by atoms with Crippen molar-refractivity contribution >= 4 is 11.9 Å². The van der Waals surface area contributed by atoms with Crippen LogP contribution in [0, 0.1) is 0 Å². The van der Waals surface area contributed by atoms with Gasteiger partial charge in [0.05, 0.1) is 5.56 Å². The van der Waals surface area contributed by atoms with E-state index in [1.165, 1.54) is 24.3 Å². The van der Waals surface area contributed by atoms with E-state index in [1.54, 1.807) is 11.8 Å². The molecule has 0 radical (unpaired) electrons. The first-order chi connectivity index (χ1) is 14.0. The van der Waals surface area contributed by atoms with Crippen LogP contribution in [0.3, 0.4) is 0 Å². The van der Waals surface area contributed by atoms with Crippen molar-refractivity contribution in [2.24, 2.45) is 0 Å². The molecule has 5 nitrogen and oxygen atoms in total. The predicted octanol–water partition coefficient (Wildman–Crippen LogP) is 4.17. The molecule has 1 N–H and O–H groups in total. The number of phenols is 1. The van der Waals surface area contributed by atoms with Crippen LogP contribution in [0.2, 0.25) is 0 Å². The van der Waals surface area contributed by atoms with Crippen molar-refractivity contribution in [1.29, 1.82) is 0 Å². The summed E-state index contributed by atoms with van der Waals surface area (Å²) < 4.78 is 5.38. The van der Waals surface area contributed by atoms with E-state index in [0.29, 0.717) is 13.1 Å². The minimum Gasteiger partial charge on any atom is -0.508 e. The number of carbonyl (C=O) groups is 2. The lowest BCUT2D eigenvalue weighted by Gasteiger charge is -2.26. The summed E-state index contributed by atoms with van der Waals surface area (Å²) in [6.45, 7) is 2.40. The zero-order valence-corrected chi connectivity index (χ0v) is 16.2. The third-order valence-corrected chi connectivity index (χ3v) is 4.48. The SMILES string of the molecule is C[C@@H](OC(=O)c1ccc(O)cc1)C(=O)N(Cc1ccccc1)Cc1ccccc1. The lowest BCUT2D eigenvalue weighted by molar-refractivity contribution is -0.141. The van der Waals surface area contributed by atoms with E-state index in [2.05, 4.69) is 0 Å². The molecule has 0 aliphatic carbocycles. The minimum absolute atomic E-state index is 0.0579. The van der Waals surface area contributed by atoms with E-state index in [1.807, 2.05) is 60.7 Å². The first kappa shape index (κ1) is 20.1. The Balaban J connectivity index is 1.73. The van der Waals surface area contributed by atoms with Gasteiger partial charge >= 0.3 is 5.97 Å². The number of esters is 1. The molecule has 29 heavy (non-hydrogen) atoms. The van der Waals surface area contributed by atoms with Gasteiger partial charge in [0.15, 0.2) is 6.10 Å². The number of aromatic hydroxyl groups is 1.